The molecule has 0 aliphatic carbocycles. The molecule has 0 aliphatic rings. The van der Waals surface area contributed by atoms with Crippen molar-refractivity contribution in [2.75, 3.05) is 0 Å². The first kappa shape index (κ1) is 21.6. The minimum atomic E-state index is 0.824. The molecule has 0 radical (unpaired) electrons. The molecular weight excluding hydrogens is 440 g/mol. The fraction of sp³-hybridized carbons (Fsp3) is 0. The van der Waals surface area contributed by atoms with E-state index in [1.165, 1.54) is 0 Å². The maximum atomic E-state index is 4.97. The van der Waals surface area contributed by atoms with E-state index in [4.69, 9.17) is 9.97 Å². The first-order valence-electron chi connectivity index (χ1n) is 11.8. The van der Waals surface area contributed by atoms with Crippen LogP contribution < -0.4 is 0 Å². The zero-order chi connectivity index (χ0) is 24.2. The normalized spacial score (nSPS) is 10.8. The Morgan fingerprint density at radius 3 is 1.08 bits per heavy atom. The Balaban J connectivity index is 1.58. The van der Waals surface area contributed by atoms with Crippen molar-refractivity contribution < 1.29 is 0 Å². The number of aromatic nitrogens is 4. The predicted octanol–water partition coefficient (Wildman–Crippen LogP) is 7.60. The fourth-order valence-corrected chi connectivity index (χ4v) is 4.20. The maximum absolute atomic E-state index is 4.97. The van der Waals surface area contributed by atoms with E-state index in [0.29, 0.717) is 0 Å². The van der Waals surface area contributed by atoms with Crippen LogP contribution in [-0.4, -0.2) is 19.9 Å². The topological polar surface area (TPSA) is 51.6 Å². The lowest BCUT2D eigenvalue weighted by Crippen LogP contribution is -1.95. The molecule has 0 fully saturated rings. The molecule has 0 bridgehead atoms. The van der Waals surface area contributed by atoms with Gasteiger partial charge in [-0.3, -0.25) is 9.97 Å². The van der Waals surface area contributed by atoms with Gasteiger partial charge >= 0.3 is 0 Å². The predicted molar refractivity (Wildman–Crippen MR) is 145 cm³/mol. The van der Waals surface area contributed by atoms with Gasteiger partial charge in [-0.2, -0.15) is 0 Å². The zero-order valence-corrected chi connectivity index (χ0v) is 19.5. The third kappa shape index (κ3) is 4.52. The van der Waals surface area contributed by atoms with Gasteiger partial charge in [-0.1, -0.05) is 72.8 Å². The second kappa shape index (κ2) is 9.72. The van der Waals surface area contributed by atoms with Crippen LogP contribution in [0.15, 0.2) is 134 Å². The molecule has 0 unspecified atom stereocenters. The van der Waals surface area contributed by atoms with Crippen LogP contribution in [0, 0.1) is 0 Å². The van der Waals surface area contributed by atoms with Gasteiger partial charge in [0.15, 0.2) is 0 Å². The van der Waals surface area contributed by atoms with Gasteiger partial charge in [0.2, 0.25) is 0 Å². The lowest BCUT2D eigenvalue weighted by molar-refractivity contribution is 1.24. The summed E-state index contributed by atoms with van der Waals surface area (Å²) in [7, 11) is 0. The van der Waals surface area contributed by atoms with Crippen molar-refractivity contribution in [3.05, 3.63) is 134 Å². The Bertz CT molecular complexity index is 1360. The molecule has 6 aromatic rings. The average molecular weight is 463 g/mol. The van der Waals surface area contributed by atoms with E-state index in [-0.39, 0.29) is 0 Å². The Morgan fingerprint density at radius 2 is 0.694 bits per heavy atom. The average Bonchev–Trinajstić information content (AvgIpc) is 2.98. The highest BCUT2D eigenvalue weighted by Gasteiger charge is 2.13. The van der Waals surface area contributed by atoms with Crippen molar-refractivity contribution in [1.82, 2.24) is 19.9 Å². The van der Waals surface area contributed by atoms with E-state index < -0.39 is 0 Å². The van der Waals surface area contributed by atoms with Crippen LogP contribution in [0.3, 0.4) is 0 Å². The van der Waals surface area contributed by atoms with Gasteiger partial charge in [-0.05, 0) is 59.7 Å². The number of benzene rings is 2. The van der Waals surface area contributed by atoms with Crippen molar-refractivity contribution in [3.63, 3.8) is 0 Å². The molecule has 36 heavy (non-hydrogen) atoms. The van der Waals surface area contributed by atoms with Gasteiger partial charge in [-0.25, -0.2) is 9.97 Å². The number of nitrogens with zero attached hydrogens (tertiary/aromatic N) is 4. The van der Waals surface area contributed by atoms with Gasteiger partial charge < -0.3 is 0 Å². The summed E-state index contributed by atoms with van der Waals surface area (Å²) in [6.45, 7) is 0. The summed E-state index contributed by atoms with van der Waals surface area (Å²) in [6, 6.07) is 40.7. The lowest BCUT2D eigenvalue weighted by atomic mass is 9.98. The number of pyridine rings is 4. The Morgan fingerprint density at radius 1 is 0.306 bits per heavy atom. The number of hydrogen-bond donors (Lipinski definition) is 0. The van der Waals surface area contributed by atoms with Crippen LogP contribution in [0.2, 0.25) is 0 Å². The molecular formula is C32H22N4. The lowest BCUT2D eigenvalue weighted by Gasteiger charge is -2.13. The molecule has 170 valence electrons. The van der Waals surface area contributed by atoms with Crippen molar-refractivity contribution in [3.8, 4) is 56.4 Å². The molecule has 4 aromatic heterocycles. The molecule has 0 saturated carbocycles. The third-order valence-electron chi connectivity index (χ3n) is 5.98. The van der Waals surface area contributed by atoms with Crippen molar-refractivity contribution >= 4 is 0 Å². The molecule has 0 N–H and O–H groups in total. The van der Waals surface area contributed by atoms with Crippen LogP contribution in [0.25, 0.3) is 56.4 Å². The van der Waals surface area contributed by atoms with Crippen molar-refractivity contribution in [2.45, 2.75) is 0 Å². The fourth-order valence-electron chi connectivity index (χ4n) is 4.20. The summed E-state index contributed by atoms with van der Waals surface area (Å²) in [5.74, 6) is 0. The largest absolute Gasteiger partial charge is 0.255 e. The quantitative estimate of drug-likeness (QED) is 0.265. The van der Waals surface area contributed by atoms with Crippen molar-refractivity contribution in [2.24, 2.45) is 0 Å². The molecule has 6 rings (SSSR count). The Hall–Kier alpha value is -4.96. The highest BCUT2D eigenvalue weighted by atomic mass is 14.8. The van der Waals surface area contributed by atoms with E-state index in [9.17, 15) is 0 Å². The summed E-state index contributed by atoms with van der Waals surface area (Å²) in [5, 5.41) is 0. The van der Waals surface area contributed by atoms with E-state index in [1.807, 2.05) is 72.8 Å². The monoisotopic (exact) mass is 462 g/mol. The molecule has 0 aliphatic heterocycles. The Kier molecular flexibility index (Phi) is 5.83. The summed E-state index contributed by atoms with van der Waals surface area (Å²) in [5.41, 5.74) is 9.30. The number of hydrogen-bond acceptors (Lipinski definition) is 4. The second-order valence-corrected chi connectivity index (χ2v) is 8.41. The van der Waals surface area contributed by atoms with Gasteiger partial charge in [0.25, 0.3) is 0 Å². The van der Waals surface area contributed by atoms with Gasteiger partial charge in [0, 0.05) is 23.5 Å². The first-order valence-corrected chi connectivity index (χ1v) is 11.8. The smallest absolute Gasteiger partial charge is 0.0899 e. The van der Waals surface area contributed by atoms with E-state index in [0.717, 1.165) is 56.4 Å². The summed E-state index contributed by atoms with van der Waals surface area (Å²) in [6.07, 6.45) is 3.59. The highest BCUT2D eigenvalue weighted by Crippen LogP contribution is 2.33. The first-order chi connectivity index (χ1) is 17.8. The van der Waals surface area contributed by atoms with E-state index in [2.05, 4.69) is 58.5 Å². The summed E-state index contributed by atoms with van der Waals surface area (Å²) < 4.78 is 0. The third-order valence-corrected chi connectivity index (χ3v) is 5.98. The van der Waals surface area contributed by atoms with Gasteiger partial charge in [0.1, 0.15) is 0 Å². The summed E-state index contributed by atoms with van der Waals surface area (Å²) >= 11 is 0. The van der Waals surface area contributed by atoms with Crippen LogP contribution in [0.1, 0.15) is 0 Å². The molecule has 0 saturated heterocycles. The van der Waals surface area contributed by atoms with Crippen LogP contribution in [0.4, 0.5) is 0 Å². The SMILES string of the molecule is c1ccc(-c2cc(-c3cc(-c4ccccc4)nc(-c4ccccn4)c3)cc(-c3ccccn3)n2)cc1. The number of rotatable bonds is 5. The molecule has 0 amide bonds. The standard InChI is InChI=1S/C32H22N4/c1-3-11-23(12-4-1)29-19-25(21-31(35-29)27-15-7-9-17-33-27)26-20-30(24-13-5-2-6-14-24)36-32(22-26)28-16-8-10-18-34-28/h1-22H. The Labute approximate surface area is 210 Å². The maximum Gasteiger partial charge on any atom is 0.0899 e. The van der Waals surface area contributed by atoms with Crippen LogP contribution >= 0.6 is 0 Å². The van der Waals surface area contributed by atoms with E-state index in [1.54, 1.807) is 12.4 Å². The molecule has 2 aromatic carbocycles. The zero-order valence-electron chi connectivity index (χ0n) is 19.5. The van der Waals surface area contributed by atoms with E-state index >= 15 is 0 Å². The van der Waals surface area contributed by atoms with Crippen LogP contribution in [-0.2, 0) is 0 Å². The van der Waals surface area contributed by atoms with Gasteiger partial charge in [-0.15, -0.1) is 0 Å². The molecule has 4 heteroatoms. The molecule has 0 atom stereocenters. The minimum absolute atomic E-state index is 0.824. The van der Waals surface area contributed by atoms with Crippen LogP contribution in [0.5, 0.6) is 0 Å². The second-order valence-electron chi connectivity index (χ2n) is 8.41. The summed E-state index contributed by atoms with van der Waals surface area (Å²) in [4.78, 5) is 19.1. The molecule has 4 nitrogen and oxygen atoms in total. The van der Waals surface area contributed by atoms with Crippen molar-refractivity contribution in [1.29, 1.82) is 0 Å². The highest BCUT2D eigenvalue weighted by molar-refractivity contribution is 5.80. The molecule has 4 heterocycles. The van der Waals surface area contributed by atoms with Gasteiger partial charge in [0.05, 0.1) is 34.2 Å². The molecule has 0 spiro atoms. The minimum Gasteiger partial charge on any atom is -0.255 e.